The molecular weight excluding hydrogens is 188 g/mol. The molecule has 2 heteroatoms. The van der Waals surface area contributed by atoms with Gasteiger partial charge in [-0.1, -0.05) is 0 Å². The Morgan fingerprint density at radius 2 is 2.07 bits per heavy atom. The minimum atomic E-state index is 0.258. The van der Waals surface area contributed by atoms with Gasteiger partial charge in [0.05, 0.1) is 5.60 Å². The van der Waals surface area contributed by atoms with E-state index in [9.17, 15) is 4.79 Å². The Bertz CT molecular complexity index is 268. The van der Waals surface area contributed by atoms with Crippen LogP contribution >= 0.6 is 0 Å². The van der Waals surface area contributed by atoms with Gasteiger partial charge in [-0.15, -0.1) is 0 Å². The first-order valence-electron chi connectivity index (χ1n) is 6.43. The van der Waals surface area contributed by atoms with Gasteiger partial charge in [-0.2, -0.15) is 0 Å². The fourth-order valence-electron chi connectivity index (χ4n) is 3.63. The molecule has 0 aromatic carbocycles. The van der Waals surface area contributed by atoms with E-state index in [1.807, 2.05) is 0 Å². The van der Waals surface area contributed by atoms with Crippen molar-refractivity contribution in [1.29, 1.82) is 0 Å². The van der Waals surface area contributed by atoms with Gasteiger partial charge in [0.2, 0.25) is 0 Å². The molecule has 2 saturated carbocycles. The standard InChI is InChI=1S/C13H20O2/c14-12-3-2-10(8-12)11-4-7-15-13(9-11)5-1-6-13/h10-11H,1-9H2. The van der Waals surface area contributed by atoms with Gasteiger partial charge in [0.15, 0.2) is 0 Å². The second-order valence-electron chi connectivity index (χ2n) is 5.68. The Morgan fingerprint density at radius 1 is 1.20 bits per heavy atom. The van der Waals surface area contributed by atoms with E-state index in [0.717, 1.165) is 31.8 Å². The Balaban J connectivity index is 1.64. The number of ketones is 1. The molecule has 1 saturated heterocycles. The minimum absolute atomic E-state index is 0.258. The molecule has 0 radical (unpaired) electrons. The summed E-state index contributed by atoms with van der Waals surface area (Å²) in [5, 5.41) is 0. The van der Waals surface area contributed by atoms with Crippen molar-refractivity contribution in [3.8, 4) is 0 Å². The number of Topliss-reactive ketones (excluding diaryl/α,β-unsaturated/α-hetero) is 1. The van der Waals surface area contributed by atoms with Crippen LogP contribution in [0.2, 0.25) is 0 Å². The van der Waals surface area contributed by atoms with Gasteiger partial charge in [-0.3, -0.25) is 4.79 Å². The van der Waals surface area contributed by atoms with E-state index in [-0.39, 0.29) is 5.60 Å². The van der Waals surface area contributed by atoms with Crippen LogP contribution in [-0.2, 0) is 9.53 Å². The third kappa shape index (κ3) is 1.73. The fourth-order valence-corrected chi connectivity index (χ4v) is 3.63. The van der Waals surface area contributed by atoms with E-state index in [1.165, 1.54) is 32.1 Å². The van der Waals surface area contributed by atoms with Crippen molar-refractivity contribution in [2.24, 2.45) is 11.8 Å². The molecule has 2 nitrogen and oxygen atoms in total. The molecule has 1 heterocycles. The average molecular weight is 208 g/mol. The molecule has 0 bridgehead atoms. The van der Waals surface area contributed by atoms with Gasteiger partial charge < -0.3 is 4.74 Å². The summed E-state index contributed by atoms with van der Waals surface area (Å²) < 4.78 is 5.93. The fraction of sp³-hybridized carbons (Fsp3) is 0.923. The van der Waals surface area contributed by atoms with Crippen molar-refractivity contribution >= 4 is 5.78 Å². The summed E-state index contributed by atoms with van der Waals surface area (Å²) in [5.74, 6) is 1.97. The topological polar surface area (TPSA) is 26.3 Å². The zero-order valence-electron chi connectivity index (χ0n) is 9.34. The summed E-state index contributed by atoms with van der Waals surface area (Å²) in [6, 6.07) is 0. The molecule has 0 aromatic heterocycles. The monoisotopic (exact) mass is 208 g/mol. The maximum absolute atomic E-state index is 11.3. The molecule has 1 spiro atoms. The average Bonchev–Trinajstić information content (AvgIpc) is 2.63. The van der Waals surface area contributed by atoms with Crippen LogP contribution in [0.15, 0.2) is 0 Å². The predicted molar refractivity (Wildman–Crippen MR) is 57.6 cm³/mol. The number of hydrogen-bond donors (Lipinski definition) is 0. The van der Waals surface area contributed by atoms with Crippen LogP contribution in [0, 0.1) is 11.8 Å². The summed E-state index contributed by atoms with van der Waals surface area (Å²) in [6.45, 7) is 0.940. The summed E-state index contributed by atoms with van der Waals surface area (Å²) >= 11 is 0. The van der Waals surface area contributed by atoms with Gasteiger partial charge in [0.1, 0.15) is 5.78 Å². The van der Waals surface area contributed by atoms with Crippen molar-refractivity contribution in [3.05, 3.63) is 0 Å². The van der Waals surface area contributed by atoms with E-state index in [1.54, 1.807) is 0 Å². The van der Waals surface area contributed by atoms with Gasteiger partial charge in [0, 0.05) is 19.4 Å². The number of carbonyl (C=O) groups excluding carboxylic acids is 1. The molecule has 2 unspecified atom stereocenters. The minimum Gasteiger partial charge on any atom is -0.375 e. The Kier molecular flexibility index (Phi) is 2.35. The lowest BCUT2D eigenvalue weighted by Crippen LogP contribution is -2.46. The lowest BCUT2D eigenvalue weighted by molar-refractivity contribution is -0.150. The normalized spacial score (nSPS) is 39.3. The number of ether oxygens (including phenoxy) is 1. The number of rotatable bonds is 1. The zero-order valence-corrected chi connectivity index (χ0v) is 9.34. The maximum Gasteiger partial charge on any atom is 0.133 e. The van der Waals surface area contributed by atoms with Crippen LogP contribution in [0.1, 0.15) is 51.4 Å². The Labute approximate surface area is 91.4 Å². The van der Waals surface area contributed by atoms with Gasteiger partial charge in [-0.25, -0.2) is 0 Å². The van der Waals surface area contributed by atoms with Crippen molar-refractivity contribution < 1.29 is 9.53 Å². The van der Waals surface area contributed by atoms with E-state index in [4.69, 9.17) is 4.74 Å². The van der Waals surface area contributed by atoms with Gasteiger partial charge in [-0.05, 0) is 50.4 Å². The van der Waals surface area contributed by atoms with Crippen molar-refractivity contribution in [1.82, 2.24) is 0 Å². The highest BCUT2D eigenvalue weighted by molar-refractivity contribution is 5.80. The van der Waals surface area contributed by atoms with Crippen molar-refractivity contribution in [2.45, 2.75) is 57.0 Å². The largest absolute Gasteiger partial charge is 0.375 e. The summed E-state index contributed by atoms with van der Waals surface area (Å²) in [7, 11) is 0. The highest BCUT2D eigenvalue weighted by Crippen LogP contribution is 2.48. The molecule has 3 fully saturated rings. The van der Waals surface area contributed by atoms with Crippen LogP contribution in [0.25, 0.3) is 0 Å². The zero-order chi connectivity index (χ0) is 10.3. The summed E-state index contributed by atoms with van der Waals surface area (Å²) in [6.07, 6.45) is 9.17. The van der Waals surface area contributed by atoms with Crippen LogP contribution in [0.3, 0.4) is 0 Å². The molecule has 3 rings (SSSR count). The van der Waals surface area contributed by atoms with E-state index in [2.05, 4.69) is 0 Å². The molecule has 84 valence electrons. The van der Waals surface area contributed by atoms with Crippen LogP contribution in [-0.4, -0.2) is 18.0 Å². The lowest BCUT2D eigenvalue weighted by Gasteiger charge is -2.48. The SMILES string of the molecule is O=C1CCC(C2CCOC3(CCC3)C2)C1. The van der Waals surface area contributed by atoms with Crippen LogP contribution in [0.5, 0.6) is 0 Å². The second-order valence-corrected chi connectivity index (χ2v) is 5.68. The maximum atomic E-state index is 11.3. The third-order valence-electron chi connectivity index (χ3n) is 4.75. The van der Waals surface area contributed by atoms with Crippen molar-refractivity contribution in [3.63, 3.8) is 0 Å². The molecule has 1 aliphatic heterocycles. The van der Waals surface area contributed by atoms with Crippen LogP contribution in [0.4, 0.5) is 0 Å². The first-order chi connectivity index (χ1) is 7.27. The van der Waals surface area contributed by atoms with Gasteiger partial charge >= 0.3 is 0 Å². The lowest BCUT2D eigenvalue weighted by atomic mass is 9.69. The molecule has 0 N–H and O–H groups in total. The van der Waals surface area contributed by atoms with Crippen molar-refractivity contribution in [2.75, 3.05) is 6.61 Å². The van der Waals surface area contributed by atoms with E-state index in [0.29, 0.717) is 11.7 Å². The summed E-state index contributed by atoms with van der Waals surface area (Å²) in [5.41, 5.74) is 0.258. The summed E-state index contributed by atoms with van der Waals surface area (Å²) in [4.78, 5) is 11.3. The van der Waals surface area contributed by atoms with Gasteiger partial charge in [0.25, 0.3) is 0 Å². The Hall–Kier alpha value is -0.370. The highest BCUT2D eigenvalue weighted by atomic mass is 16.5. The molecule has 3 aliphatic rings. The van der Waals surface area contributed by atoms with E-state index >= 15 is 0 Å². The van der Waals surface area contributed by atoms with E-state index < -0.39 is 0 Å². The quantitative estimate of drug-likeness (QED) is 0.662. The predicted octanol–water partition coefficient (Wildman–Crippen LogP) is 2.70. The molecule has 0 amide bonds. The smallest absolute Gasteiger partial charge is 0.133 e. The van der Waals surface area contributed by atoms with Crippen LogP contribution < -0.4 is 0 Å². The Morgan fingerprint density at radius 3 is 2.67 bits per heavy atom. The number of hydrogen-bond acceptors (Lipinski definition) is 2. The highest BCUT2D eigenvalue weighted by Gasteiger charge is 2.45. The molecular formula is C13H20O2. The second kappa shape index (κ2) is 3.58. The number of carbonyl (C=O) groups is 1. The molecule has 15 heavy (non-hydrogen) atoms. The first-order valence-corrected chi connectivity index (χ1v) is 6.43. The third-order valence-corrected chi connectivity index (χ3v) is 4.75. The molecule has 2 aliphatic carbocycles. The molecule has 0 aromatic rings. The first kappa shape index (κ1) is 9.83. The molecule has 2 atom stereocenters.